The van der Waals surface area contributed by atoms with Crippen LogP contribution in [0, 0.1) is 0 Å². The van der Waals surface area contributed by atoms with Crippen LogP contribution < -0.4 is 5.32 Å². The number of allylic oxidation sites excluding steroid dienone is 1. The molecule has 1 N–H and O–H groups in total. The molecule has 2 rings (SSSR count). The van der Waals surface area contributed by atoms with E-state index in [4.69, 9.17) is 9.15 Å². The van der Waals surface area contributed by atoms with Gasteiger partial charge in [0.2, 0.25) is 0 Å². The van der Waals surface area contributed by atoms with Crippen LogP contribution in [0.15, 0.2) is 41.3 Å². The zero-order valence-electron chi connectivity index (χ0n) is 12.2. The Labute approximate surface area is 120 Å². The van der Waals surface area contributed by atoms with E-state index < -0.39 is 0 Å². The third-order valence-corrected chi connectivity index (χ3v) is 3.26. The second-order valence-corrected chi connectivity index (χ2v) is 4.76. The van der Waals surface area contributed by atoms with Gasteiger partial charge in [-0.05, 0) is 25.5 Å². The molecule has 20 heavy (non-hydrogen) atoms. The van der Waals surface area contributed by atoms with Gasteiger partial charge in [-0.1, -0.05) is 31.2 Å². The molecule has 0 amide bonds. The van der Waals surface area contributed by atoms with Crippen molar-refractivity contribution in [2.45, 2.75) is 32.9 Å². The molecule has 1 heterocycles. The van der Waals surface area contributed by atoms with Crippen LogP contribution in [0.3, 0.4) is 0 Å². The normalized spacial score (nSPS) is 11.1. The van der Waals surface area contributed by atoms with Crippen molar-refractivity contribution < 1.29 is 9.15 Å². The van der Waals surface area contributed by atoms with Gasteiger partial charge in [-0.25, -0.2) is 0 Å². The molecule has 0 aliphatic rings. The number of rotatable bonds is 9. The van der Waals surface area contributed by atoms with Crippen LogP contribution in [0.4, 0.5) is 0 Å². The van der Waals surface area contributed by atoms with Gasteiger partial charge in [0.15, 0.2) is 0 Å². The summed E-state index contributed by atoms with van der Waals surface area (Å²) in [5, 5.41) is 4.47. The van der Waals surface area contributed by atoms with E-state index in [1.54, 1.807) is 0 Å². The summed E-state index contributed by atoms with van der Waals surface area (Å²) in [6.45, 7) is 8.85. The fourth-order valence-electron chi connectivity index (χ4n) is 2.19. The second-order valence-electron chi connectivity index (χ2n) is 4.76. The monoisotopic (exact) mass is 273 g/mol. The van der Waals surface area contributed by atoms with Crippen molar-refractivity contribution >= 4 is 11.0 Å². The van der Waals surface area contributed by atoms with Crippen LogP contribution in [0.1, 0.15) is 31.1 Å². The molecular formula is C17H23NO2. The molecule has 0 aliphatic heterocycles. The minimum Gasteiger partial charge on any atom is -0.459 e. The predicted octanol–water partition coefficient (Wildman–Crippen LogP) is 4.03. The first-order valence-corrected chi connectivity index (χ1v) is 7.25. The average molecular weight is 273 g/mol. The van der Waals surface area contributed by atoms with Crippen molar-refractivity contribution in [2.24, 2.45) is 0 Å². The summed E-state index contributed by atoms with van der Waals surface area (Å²) in [6.07, 6.45) is 3.94. The summed E-state index contributed by atoms with van der Waals surface area (Å²) in [5.74, 6) is 0.983. The summed E-state index contributed by atoms with van der Waals surface area (Å²) in [4.78, 5) is 0. The van der Waals surface area contributed by atoms with E-state index in [-0.39, 0.29) is 0 Å². The van der Waals surface area contributed by atoms with E-state index >= 15 is 0 Å². The van der Waals surface area contributed by atoms with Crippen LogP contribution in [-0.4, -0.2) is 13.2 Å². The Bertz CT molecular complexity index is 545. The van der Waals surface area contributed by atoms with Crippen LogP contribution in [0.25, 0.3) is 11.0 Å². The lowest BCUT2D eigenvalue weighted by atomic mass is 10.1. The topological polar surface area (TPSA) is 34.4 Å². The maximum absolute atomic E-state index is 5.92. The van der Waals surface area contributed by atoms with Crippen LogP contribution in [0.5, 0.6) is 0 Å². The van der Waals surface area contributed by atoms with Gasteiger partial charge in [0.1, 0.15) is 11.3 Å². The minimum absolute atomic E-state index is 0.606. The SMILES string of the molecule is C=CCCCOCc1c(CNCC)oc2ccccc12. The van der Waals surface area contributed by atoms with Crippen molar-refractivity contribution in [1.29, 1.82) is 0 Å². The number of ether oxygens (including phenoxy) is 1. The number of benzene rings is 1. The van der Waals surface area contributed by atoms with Crippen LogP contribution in [0.2, 0.25) is 0 Å². The summed E-state index contributed by atoms with van der Waals surface area (Å²) in [5.41, 5.74) is 2.10. The standard InChI is InChI=1S/C17H23NO2/c1-3-5-8-11-19-13-15-14-9-6-7-10-16(14)20-17(15)12-18-4-2/h3,6-7,9-10,18H,1,4-5,8,11-13H2,2H3. The fourth-order valence-corrected chi connectivity index (χ4v) is 2.19. The van der Waals surface area contributed by atoms with Crippen molar-refractivity contribution in [3.63, 3.8) is 0 Å². The van der Waals surface area contributed by atoms with Gasteiger partial charge in [-0.2, -0.15) is 0 Å². The van der Waals surface area contributed by atoms with E-state index in [1.165, 1.54) is 5.56 Å². The van der Waals surface area contributed by atoms with E-state index in [2.05, 4.69) is 24.9 Å². The Morgan fingerprint density at radius 3 is 3.00 bits per heavy atom. The number of unbranched alkanes of at least 4 members (excludes halogenated alkanes) is 1. The summed E-state index contributed by atoms with van der Waals surface area (Å²) < 4.78 is 11.7. The molecule has 0 fully saturated rings. The lowest BCUT2D eigenvalue weighted by Gasteiger charge is -2.05. The van der Waals surface area contributed by atoms with E-state index in [0.29, 0.717) is 6.61 Å². The maximum Gasteiger partial charge on any atom is 0.134 e. The Hall–Kier alpha value is -1.58. The highest BCUT2D eigenvalue weighted by atomic mass is 16.5. The lowest BCUT2D eigenvalue weighted by Crippen LogP contribution is -2.12. The first kappa shape index (κ1) is 14.8. The summed E-state index contributed by atoms with van der Waals surface area (Å²) in [6, 6.07) is 8.14. The number of nitrogens with one attached hydrogen (secondary N) is 1. The average Bonchev–Trinajstić information content (AvgIpc) is 2.83. The highest BCUT2D eigenvalue weighted by molar-refractivity contribution is 5.82. The smallest absolute Gasteiger partial charge is 0.134 e. The van der Waals surface area contributed by atoms with Crippen molar-refractivity contribution in [2.75, 3.05) is 13.2 Å². The molecule has 0 bridgehead atoms. The highest BCUT2D eigenvalue weighted by Gasteiger charge is 2.13. The first-order valence-electron chi connectivity index (χ1n) is 7.25. The molecule has 0 atom stereocenters. The lowest BCUT2D eigenvalue weighted by molar-refractivity contribution is 0.118. The number of hydrogen-bond acceptors (Lipinski definition) is 3. The summed E-state index contributed by atoms with van der Waals surface area (Å²) in [7, 11) is 0. The largest absolute Gasteiger partial charge is 0.459 e. The van der Waals surface area contributed by atoms with Gasteiger partial charge in [-0.3, -0.25) is 0 Å². The van der Waals surface area contributed by atoms with E-state index in [0.717, 1.165) is 49.3 Å². The molecule has 0 unspecified atom stereocenters. The zero-order chi connectivity index (χ0) is 14.2. The van der Waals surface area contributed by atoms with Crippen molar-refractivity contribution in [3.05, 3.63) is 48.2 Å². The quantitative estimate of drug-likeness (QED) is 0.553. The molecule has 2 aromatic rings. The molecule has 0 spiro atoms. The van der Waals surface area contributed by atoms with Crippen LogP contribution in [-0.2, 0) is 17.9 Å². The minimum atomic E-state index is 0.606. The molecule has 3 heteroatoms. The Morgan fingerprint density at radius 2 is 2.20 bits per heavy atom. The molecule has 1 aromatic carbocycles. The molecular weight excluding hydrogens is 250 g/mol. The van der Waals surface area contributed by atoms with Crippen molar-refractivity contribution in [3.8, 4) is 0 Å². The van der Waals surface area contributed by atoms with Gasteiger partial charge >= 0.3 is 0 Å². The van der Waals surface area contributed by atoms with Gasteiger partial charge < -0.3 is 14.5 Å². The number of fused-ring (bicyclic) bond motifs is 1. The Morgan fingerprint density at radius 1 is 1.35 bits per heavy atom. The van der Waals surface area contributed by atoms with Gasteiger partial charge in [0.05, 0.1) is 13.2 Å². The Kier molecular flexibility index (Phi) is 5.84. The molecule has 108 valence electrons. The Balaban J connectivity index is 2.08. The maximum atomic E-state index is 5.92. The highest BCUT2D eigenvalue weighted by Crippen LogP contribution is 2.26. The number of furan rings is 1. The fraction of sp³-hybridized carbons (Fsp3) is 0.412. The van der Waals surface area contributed by atoms with Crippen molar-refractivity contribution in [1.82, 2.24) is 5.32 Å². The number of hydrogen-bond donors (Lipinski definition) is 1. The summed E-state index contributed by atoms with van der Waals surface area (Å²) >= 11 is 0. The molecule has 1 aromatic heterocycles. The van der Waals surface area contributed by atoms with Gasteiger partial charge in [0.25, 0.3) is 0 Å². The third kappa shape index (κ3) is 3.71. The second kappa shape index (κ2) is 7.88. The van der Waals surface area contributed by atoms with E-state index in [9.17, 15) is 0 Å². The third-order valence-electron chi connectivity index (χ3n) is 3.26. The predicted molar refractivity (Wildman–Crippen MR) is 82.7 cm³/mol. The number of para-hydroxylation sites is 1. The molecule has 3 nitrogen and oxygen atoms in total. The van der Waals surface area contributed by atoms with Crippen LogP contribution >= 0.6 is 0 Å². The van der Waals surface area contributed by atoms with Gasteiger partial charge in [-0.15, -0.1) is 6.58 Å². The first-order chi connectivity index (χ1) is 9.86. The molecule has 0 radical (unpaired) electrons. The zero-order valence-corrected chi connectivity index (χ0v) is 12.2. The molecule has 0 saturated heterocycles. The van der Waals surface area contributed by atoms with Gasteiger partial charge in [0, 0.05) is 17.6 Å². The molecule has 0 saturated carbocycles. The van der Waals surface area contributed by atoms with E-state index in [1.807, 2.05) is 24.3 Å². The molecule has 0 aliphatic carbocycles.